The molecule has 0 fully saturated rings. The summed E-state index contributed by atoms with van der Waals surface area (Å²) in [6, 6.07) is 0.245. The first-order valence-electron chi connectivity index (χ1n) is 5.27. The topological polar surface area (TPSA) is 50.7 Å². The third kappa shape index (κ3) is 2.09. The Hall–Kier alpha value is -1.29. The summed E-state index contributed by atoms with van der Waals surface area (Å²) in [4.78, 5) is 19.0. The van der Waals surface area contributed by atoms with Gasteiger partial charge in [-0.15, -0.1) is 5.92 Å². The molecule has 0 bridgehead atoms. The van der Waals surface area contributed by atoms with Crippen molar-refractivity contribution in [3.05, 3.63) is 25.9 Å². The number of fused-ring (bicyclic) bond motifs is 1. The number of aromatic nitrogens is 3. The van der Waals surface area contributed by atoms with Crippen molar-refractivity contribution in [2.45, 2.75) is 26.8 Å². The molecule has 0 aliphatic heterocycles. The summed E-state index contributed by atoms with van der Waals surface area (Å²) in [7, 11) is 0. The van der Waals surface area contributed by atoms with Crippen LogP contribution in [0.5, 0.6) is 0 Å². The van der Waals surface area contributed by atoms with Crippen molar-refractivity contribution in [2.75, 3.05) is 0 Å². The summed E-state index contributed by atoms with van der Waals surface area (Å²) >= 11 is 2.01. The molecule has 0 amide bonds. The molecule has 2 rings (SSSR count). The van der Waals surface area contributed by atoms with Gasteiger partial charge in [0.25, 0.3) is 5.56 Å². The van der Waals surface area contributed by atoms with E-state index in [9.17, 15) is 4.79 Å². The molecule has 4 nitrogen and oxygen atoms in total. The molecule has 2 heterocycles. The van der Waals surface area contributed by atoms with Crippen molar-refractivity contribution in [1.82, 2.24) is 14.5 Å². The second kappa shape index (κ2) is 4.53. The zero-order valence-corrected chi connectivity index (χ0v) is 12.0. The van der Waals surface area contributed by atoms with E-state index in [0.29, 0.717) is 14.9 Å². The molecule has 0 aromatic carbocycles. The van der Waals surface area contributed by atoms with Crippen LogP contribution in [-0.4, -0.2) is 14.5 Å². The molecule has 5 heteroatoms. The Kier molecular flexibility index (Phi) is 3.24. The molecule has 0 saturated carbocycles. The Morgan fingerprint density at radius 1 is 1.53 bits per heavy atom. The number of hydrogen-bond acceptors (Lipinski definition) is 2. The maximum absolute atomic E-state index is 11.9. The van der Waals surface area contributed by atoms with Gasteiger partial charge in [-0.1, -0.05) is 5.92 Å². The van der Waals surface area contributed by atoms with E-state index in [1.807, 2.05) is 33.4 Å². The monoisotopic (exact) mass is 341 g/mol. The molecule has 2 aromatic rings. The van der Waals surface area contributed by atoms with Gasteiger partial charge in [-0.05, 0) is 43.4 Å². The zero-order valence-electron chi connectivity index (χ0n) is 9.84. The molecule has 0 atom stereocenters. The summed E-state index contributed by atoms with van der Waals surface area (Å²) in [5, 5.41) is 0.577. The van der Waals surface area contributed by atoms with Crippen LogP contribution in [0.25, 0.3) is 11.0 Å². The molecule has 1 N–H and O–H groups in total. The van der Waals surface area contributed by atoms with Crippen molar-refractivity contribution < 1.29 is 0 Å². The Bertz CT molecular complexity index is 685. The average molecular weight is 341 g/mol. The standard InChI is InChI=1S/C12H12IN3O/c1-4-5-8-6-16(7(2)3)10-9(8)11(17)15-12(13)14-10/h6-7H,1-3H3,(H,14,15,17). The summed E-state index contributed by atoms with van der Waals surface area (Å²) in [6.07, 6.45) is 1.89. The van der Waals surface area contributed by atoms with Crippen molar-refractivity contribution in [1.29, 1.82) is 0 Å². The summed E-state index contributed by atoms with van der Waals surface area (Å²) in [6.45, 7) is 5.86. The van der Waals surface area contributed by atoms with Crippen LogP contribution in [0, 0.1) is 15.7 Å². The van der Waals surface area contributed by atoms with Gasteiger partial charge >= 0.3 is 0 Å². The molecule has 0 saturated heterocycles. The molecule has 0 aliphatic carbocycles. The highest BCUT2D eigenvalue weighted by molar-refractivity contribution is 14.1. The van der Waals surface area contributed by atoms with E-state index >= 15 is 0 Å². The van der Waals surface area contributed by atoms with Crippen LogP contribution in [0.4, 0.5) is 0 Å². The third-order valence-electron chi connectivity index (χ3n) is 2.47. The number of aromatic amines is 1. The second-order valence-corrected chi connectivity index (χ2v) is 5.00. The summed E-state index contributed by atoms with van der Waals surface area (Å²) in [5.41, 5.74) is 1.31. The lowest BCUT2D eigenvalue weighted by atomic mass is 10.2. The fraction of sp³-hybridized carbons (Fsp3) is 0.333. The molecule has 88 valence electrons. The second-order valence-electron chi connectivity index (χ2n) is 3.97. The van der Waals surface area contributed by atoms with Gasteiger partial charge < -0.3 is 9.55 Å². The lowest BCUT2D eigenvalue weighted by molar-refractivity contribution is 0.616. The predicted octanol–water partition coefficient (Wildman–Crippen LogP) is 2.28. The molecule has 0 unspecified atom stereocenters. The number of hydrogen-bond donors (Lipinski definition) is 1. The SMILES string of the molecule is CC#Cc1cn(C(C)C)c2nc(I)[nH]c(=O)c12. The van der Waals surface area contributed by atoms with Crippen molar-refractivity contribution in [3.8, 4) is 11.8 Å². The van der Waals surface area contributed by atoms with Crippen LogP contribution in [0.15, 0.2) is 11.0 Å². The maximum Gasteiger partial charge on any atom is 0.262 e. The predicted molar refractivity (Wildman–Crippen MR) is 76.0 cm³/mol. The van der Waals surface area contributed by atoms with Crippen molar-refractivity contribution >= 4 is 33.6 Å². The van der Waals surface area contributed by atoms with E-state index in [2.05, 4.69) is 35.7 Å². The first-order chi connectivity index (χ1) is 8.04. The number of nitrogens with one attached hydrogen (secondary N) is 1. The molecule has 0 spiro atoms. The molecule has 0 aliphatic rings. The van der Waals surface area contributed by atoms with Crippen molar-refractivity contribution in [3.63, 3.8) is 0 Å². The number of nitrogens with zero attached hydrogens (tertiary/aromatic N) is 2. The largest absolute Gasteiger partial charge is 0.328 e. The quantitative estimate of drug-likeness (QED) is 0.492. The minimum absolute atomic E-state index is 0.128. The molecular formula is C12H12IN3O. The van der Waals surface area contributed by atoms with Crippen LogP contribution in [-0.2, 0) is 0 Å². The average Bonchev–Trinajstić information content (AvgIpc) is 2.57. The third-order valence-corrected chi connectivity index (χ3v) is 2.98. The smallest absolute Gasteiger partial charge is 0.262 e. The minimum atomic E-state index is -0.128. The highest BCUT2D eigenvalue weighted by Crippen LogP contribution is 2.19. The normalized spacial score (nSPS) is 10.6. The van der Waals surface area contributed by atoms with Gasteiger partial charge in [0.1, 0.15) is 5.65 Å². The van der Waals surface area contributed by atoms with Crippen LogP contribution < -0.4 is 5.56 Å². The van der Waals surface area contributed by atoms with Crippen LogP contribution in [0.3, 0.4) is 0 Å². The lowest BCUT2D eigenvalue weighted by Gasteiger charge is -2.07. The van der Waals surface area contributed by atoms with Gasteiger partial charge in [0.05, 0.1) is 10.9 Å². The van der Waals surface area contributed by atoms with Crippen LogP contribution in [0.2, 0.25) is 0 Å². The van der Waals surface area contributed by atoms with E-state index in [4.69, 9.17) is 0 Å². The molecule has 0 radical (unpaired) electrons. The highest BCUT2D eigenvalue weighted by atomic mass is 127. The van der Waals surface area contributed by atoms with E-state index in [0.717, 1.165) is 5.56 Å². The maximum atomic E-state index is 11.9. The highest BCUT2D eigenvalue weighted by Gasteiger charge is 2.14. The molecule has 2 aromatic heterocycles. The van der Waals surface area contributed by atoms with Gasteiger partial charge in [0.2, 0.25) is 0 Å². The fourth-order valence-corrected chi connectivity index (χ4v) is 2.23. The Balaban J connectivity index is 2.94. The van der Waals surface area contributed by atoms with E-state index in [1.54, 1.807) is 6.92 Å². The summed E-state index contributed by atoms with van der Waals surface area (Å²) < 4.78 is 2.57. The lowest BCUT2D eigenvalue weighted by Crippen LogP contribution is -2.11. The Morgan fingerprint density at radius 2 is 2.24 bits per heavy atom. The Labute approximate surface area is 113 Å². The first kappa shape index (κ1) is 12.2. The van der Waals surface area contributed by atoms with Gasteiger partial charge in [-0.25, -0.2) is 4.98 Å². The van der Waals surface area contributed by atoms with Gasteiger partial charge in [0.15, 0.2) is 3.83 Å². The fourth-order valence-electron chi connectivity index (χ4n) is 1.75. The van der Waals surface area contributed by atoms with Crippen LogP contribution >= 0.6 is 22.6 Å². The zero-order chi connectivity index (χ0) is 12.6. The van der Waals surface area contributed by atoms with Gasteiger partial charge in [-0.2, -0.15) is 0 Å². The van der Waals surface area contributed by atoms with Gasteiger partial charge in [-0.3, -0.25) is 4.79 Å². The van der Waals surface area contributed by atoms with E-state index in [1.165, 1.54) is 0 Å². The number of rotatable bonds is 1. The Morgan fingerprint density at radius 3 is 2.82 bits per heavy atom. The number of H-pyrrole nitrogens is 1. The van der Waals surface area contributed by atoms with Crippen LogP contribution in [0.1, 0.15) is 32.4 Å². The molecule has 17 heavy (non-hydrogen) atoms. The molecular weight excluding hydrogens is 329 g/mol. The van der Waals surface area contributed by atoms with Gasteiger partial charge in [0, 0.05) is 12.2 Å². The van der Waals surface area contributed by atoms with E-state index < -0.39 is 0 Å². The van der Waals surface area contributed by atoms with E-state index in [-0.39, 0.29) is 11.6 Å². The first-order valence-corrected chi connectivity index (χ1v) is 6.35. The minimum Gasteiger partial charge on any atom is -0.328 e. The summed E-state index contributed by atoms with van der Waals surface area (Å²) in [5.74, 6) is 5.78. The number of halogens is 1. The van der Waals surface area contributed by atoms with Crippen molar-refractivity contribution in [2.24, 2.45) is 0 Å².